The van der Waals surface area contributed by atoms with Gasteiger partial charge in [0.15, 0.2) is 0 Å². The molecular formula is C82H50N8. The number of nitrogens with zero attached hydrogens (tertiary/aromatic N) is 8. The van der Waals surface area contributed by atoms with Crippen LogP contribution < -0.4 is 0 Å². The van der Waals surface area contributed by atoms with Crippen molar-refractivity contribution < 1.29 is 0 Å². The van der Waals surface area contributed by atoms with E-state index in [2.05, 4.69) is 197 Å². The Hall–Kier alpha value is -12.6. The maximum Gasteiger partial charge on any atom is 0.234 e. The van der Waals surface area contributed by atoms with Crippen LogP contribution >= 0.6 is 0 Å². The van der Waals surface area contributed by atoms with Crippen LogP contribution in [0.3, 0.4) is 0 Å². The molecule has 0 saturated carbocycles. The van der Waals surface area contributed by atoms with Crippen molar-refractivity contribution in [3.63, 3.8) is 0 Å². The summed E-state index contributed by atoms with van der Waals surface area (Å²) in [4.78, 5) is 24.0. The standard InChI is InChI=1S/C82H50N8/c1-84-81-76(89-77-48-58(62-35-39-85-72(44-62)54-16-6-2-7-17-54)25-29-68(77)69-30-26-59(49-78(69)89)63-36-40-86-73(45-63)55-18-8-3-9-19-55)34-33-67(66-24-14-15-53(43-66)52-83)82(81)90-79-50-60(64-37-41-87-74(46-64)56-20-10-4-11-21-56)27-31-70(79)71-32-28-61(51-80(71)90)65-38-42-88-75(47-65)57-22-12-5-13-23-57/h2-51H. The molecule has 0 bridgehead atoms. The van der Waals surface area contributed by atoms with Gasteiger partial charge in [0.2, 0.25) is 5.69 Å². The van der Waals surface area contributed by atoms with E-state index in [9.17, 15) is 11.8 Å². The molecule has 418 valence electrons. The summed E-state index contributed by atoms with van der Waals surface area (Å²) in [6.45, 7) is 9.75. The van der Waals surface area contributed by atoms with Crippen LogP contribution in [0, 0.1) is 17.9 Å². The first-order chi connectivity index (χ1) is 44.5. The lowest BCUT2D eigenvalue weighted by Crippen LogP contribution is -2.03. The second kappa shape index (κ2) is 22.3. The average molecular weight is 1150 g/mol. The SMILES string of the molecule is [C-]#[N+]c1c(-n2c3cc(-c4ccnc(-c5ccccc5)c4)ccc3c3ccc(-c4ccnc(-c5ccccc5)c4)cc32)ccc(-c2cccc(C#N)c2)c1-n1c2cc(-c3ccnc(-c4ccccc4)c3)ccc2c2ccc(-c3ccnc(-c4ccccc4)c3)cc21. The zero-order chi connectivity index (χ0) is 60.1. The summed E-state index contributed by atoms with van der Waals surface area (Å²) in [6, 6.07) is 98.8. The molecule has 0 radical (unpaired) electrons. The lowest BCUT2D eigenvalue weighted by Gasteiger charge is -2.21. The van der Waals surface area contributed by atoms with Crippen molar-refractivity contribution in [2.24, 2.45) is 0 Å². The van der Waals surface area contributed by atoms with Crippen molar-refractivity contribution in [1.82, 2.24) is 29.1 Å². The Morgan fingerprint density at radius 2 is 0.633 bits per heavy atom. The predicted octanol–water partition coefficient (Wildman–Crippen LogP) is 20.9. The van der Waals surface area contributed by atoms with E-state index in [4.69, 9.17) is 24.8 Å². The normalized spacial score (nSPS) is 11.3. The summed E-state index contributed by atoms with van der Waals surface area (Å²) in [7, 11) is 0. The second-order valence-electron chi connectivity index (χ2n) is 22.4. The van der Waals surface area contributed by atoms with E-state index < -0.39 is 0 Å². The fourth-order valence-electron chi connectivity index (χ4n) is 12.8. The van der Waals surface area contributed by atoms with E-state index in [0.717, 1.165) is 144 Å². The van der Waals surface area contributed by atoms with Crippen LogP contribution in [-0.2, 0) is 0 Å². The summed E-state index contributed by atoms with van der Waals surface area (Å²) in [5.74, 6) is 0. The lowest BCUT2D eigenvalue weighted by atomic mass is 9.98. The third kappa shape index (κ3) is 9.42. The van der Waals surface area contributed by atoms with Crippen LogP contribution in [0.25, 0.3) is 160 Å². The van der Waals surface area contributed by atoms with Crippen LogP contribution in [0.15, 0.2) is 304 Å². The number of aromatic nitrogens is 6. The van der Waals surface area contributed by atoms with E-state index in [0.29, 0.717) is 22.6 Å². The minimum atomic E-state index is 0.426. The molecule has 0 spiro atoms. The van der Waals surface area contributed by atoms with E-state index in [1.807, 2.05) is 122 Å². The van der Waals surface area contributed by atoms with Gasteiger partial charge in [0.25, 0.3) is 0 Å². The van der Waals surface area contributed by atoms with Gasteiger partial charge in [-0.05, 0) is 147 Å². The third-order valence-corrected chi connectivity index (χ3v) is 17.2. The van der Waals surface area contributed by atoms with E-state index >= 15 is 0 Å². The summed E-state index contributed by atoms with van der Waals surface area (Å²) >= 11 is 0. The molecule has 0 aliphatic carbocycles. The van der Waals surface area contributed by atoms with Crippen molar-refractivity contribution in [3.8, 4) is 118 Å². The fraction of sp³-hybridized carbons (Fsp3) is 0. The largest absolute Gasteiger partial charge is 0.319 e. The number of pyridine rings is 4. The topological polar surface area (TPSA) is 89.6 Å². The Labute approximate surface area is 519 Å². The fourth-order valence-corrected chi connectivity index (χ4v) is 12.8. The molecular weight excluding hydrogens is 1100 g/mol. The van der Waals surface area contributed by atoms with Crippen molar-refractivity contribution >= 4 is 49.3 Å². The maximum atomic E-state index is 10.5. The van der Waals surface area contributed by atoms with Crippen LogP contribution in [0.1, 0.15) is 5.56 Å². The quantitative estimate of drug-likeness (QED) is 0.120. The molecule has 16 aromatic rings. The highest BCUT2D eigenvalue weighted by Gasteiger charge is 2.26. The minimum Gasteiger partial charge on any atom is -0.319 e. The zero-order valence-corrected chi connectivity index (χ0v) is 48.4. The molecule has 0 atom stereocenters. The van der Waals surface area contributed by atoms with Gasteiger partial charge in [0.05, 0.1) is 74.4 Å². The molecule has 0 N–H and O–H groups in total. The van der Waals surface area contributed by atoms with Crippen LogP contribution in [-0.4, -0.2) is 29.1 Å². The molecule has 8 nitrogen and oxygen atoms in total. The highest BCUT2D eigenvalue weighted by Crippen LogP contribution is 2.48. The lowest BCUT2D eigenvalue weighted by molar-refractivity contribution is 1.15. The first kappa shape index (κ1) is 52.9. The Kier molecular flexibility index (Phi) is 13.1. The van der Waals surface area contributed by atoms with Gasteiger partial charge in [-0.15, -0.1) is 0 Å². The van der Waals surface area contributed by atoms with Gasteiger partial charge < -0.3 is 9.13 Å². The number of rotatable bonds is 11. The van der Waals surface area contributed by atoms with Gasteiger partial charge in [-0.2, -0.15) is 5.26 Å². The molecule has 8 heteroatoms. The second-order valence-corrected chi connectivity index (χ2v) is 22.4. The van der Waals surface area contributed by atoms with Crippen LogP contribution in [0.4, 0.5) is 5.69 Å². The Morgan fingerprint density at radius 1 is 0.300 bits per heavy atom. The molecule has 90 heavy (non-hydrogen) atoms. The van der Waals surface area contributed by atoms with Crippen LogP contribution in [0.5, 0.6) is 0 Å². The van der Waals surface area contributed by atoms with Crippen molar-refractivity contribution in [1.29, 1.82) is 5.26 Å². The number of hydrogen-bond donors (Lipinski definition) is 0. The van der Waals surface area contributed by atoms with Crippen molar-refractivity contribution in [2.75, 3.05) is 0 Å². The van der Waals surface area contributed by atoms with Crippen molar-refractivity contribution in [2.45, 2.75) is 0 Å². The summed E-state index contributed by atoms with van der Waals surface area (Å²) < 4.78 is 4.59. The Balaban J connectivity index is 0.996. The van der Waals surface area contributed by atoms with Gasteiger partial charge in [-0.25, -0.2) is 4.85 Å². The van der Waals surface area contributed by atoms with Gasteiger partial charge in [0.1, 0.15) is 0 Å². The van der Waals surface area contributed by atoms with Gasteiger partial charge in [-0.1, -0.05) is 188 Å². The molecule has 0 unspecified atom stereocenters. The Morgan fingerprint density at radius 3 is 0.978 bits per heavy atom. The summed E-state index contributed by atoms with van der Waals surface area (Å²) in [5.41, 5.74) is 23.2. The van der Waals surface area contributed by atoms with Gasteiger partial charge in [-0.3, -0.25) is 19.9 Å². The number of nitriles is 1. The number of benzene rings is 10. The molecule has 0 aliphatic heterocycles. The average Bonchev–Trinajstić information content (AvgIpc) is 1.58. The summed E-state index contributed by atoms with van der Waals surface area (Å²) in [6.07, 6.45) is 7.50. The zero-order valence-electron chi connectivity index (χ0n) is 48.4. The van der Waals surface area contributed by atoms with E-state index in [-0.39, 0.29) is 0 Å². The molecule has 0 fully saturated rings. The van der Waals surface area contributed by atoms with E-state index in [1.165, 1.54) is 0 Å². The van der Waals surface area contributed by atoms with Crippen molar-refractivity contribution in [3.05, 3.63) is 321 Å². The monoisotopic (exact) mass is 1150 g/mol. The molecule has 6 heterocycles. The third-order valence-electron chi connectivity index (χ3n) is 17.2. The molecule has 0 saturated heterocycles. The molecule has 0 amide bonds. The highest BCUT2D eigenvalue weighted by atomic mass is 15.1. The molecule has 0 aliphatic rings. The minimum absolute atomic E-state index is 0.426. The van der Waals surface area contributed by atoms with E-state index in [1.54, 1.807) is 0 Å². The smallest absolute Gasteiger partial charge is 0.234 e. The van der Waals surface area contributed by atoms with Gasteiger partial charge >= 0.3 is 0 Å². The maximum absolute atomic E-state index is 10.5. The predicted molar refractivity (Wildman–Crippen MR) is 366 cm³/mol. The highest BCUT2D eigenvalue weighted by molar-refractivity contribution is 6.15. The Bertz CT molecular complexity index is 5280. The van der Waals surface area contributed by atoms with Gasteiger partial charge in [0, 0.05) is 68.6 Å². The summed E-state index contributed by atoms with van der Waals surface area (Å²) in [5, 5.41) is 14.6. The molecule has 16 rings (SSSR count). The first-order valence-corrected chi connectivity index (χ1v) is 29.8. The molecule has 10 aromatic carbocycles. The first-order valence-electron chi connectivity index (χ1n) is 29.8. The van der Waals surface area contributed by atoms with Crippen LogP contribution in [0.2, 0.25) is 0 Å². The number of hydrogen-bond acceptors (Lipinski definition) is 5. The molecule has 6 aromatic heterocycles. The number of fused-ring (bicyclic) bond motifs is 6.